The van der Waals surface area contributed by atoms with Crippen LogP contribution in [0.1, 0.15) is 36.8 Å². The molecule has 0 saturated carbocycles. The van der Waals surface area contributed by atoms with E-state index in [-0.39, 0.29) is 0 Å². The minimum Gasteiger partial charge on any atom is -0.289 e. The van der Waals surface area contributed by atoms with E-state index in [4.69, 9.17) is 4.99 Å². The number of fused-ring (bicyclic) bond motifs is 1. The molecule has 114 valence electrons. The molecule has 21 heavy (non-hydrogen) atoms. The van der Waals surface area contributed by atoms with Crippen LogP contribution in [0.15, 0.2) is 41.4 Å². The van der Waals surface area contributed by atoms with E-state index >= 15 is 0 Å². The van der Waals surface area contributed by atoms with Crippen LogP contribution in [-0.4, -0.2) is 20.3 Å². The van der Waals surface area contributed by atoms with E-state index in [1.54, 1.807) is 0 Å². The molecule has 1 aliphatic heterocycles. The second kappa shape index (κ2) is 7.21. The van der Waals surface area contributed by atoms with Gasteiger partial charge in [0.05, 0.1) is 0 Å². The maximum Gasteiger partial charge on any atom is 0.0483 e. The Morgan fingerprint density at radius 1 is 1.19 bits per heavy atom. The summed E-state index contributed by atoms with van der Waals surface area (Å²) in [5.74, 6) is 0. The second-order valence-corrected chi connectivity index (χ2v) is 12.9. The fraction of sp³-hybridized carbons (Fsp3) is 0.526. The molecule has 0 fully saturated rings. The van der Waals surface area contributed by atoms with Gasteiger partial charge in [-0.3, -0.25) is 4.99 Å². The first-order valence-electron chi connectivity index (χ1n) is 8.24. The van der Waals surface area contributed by atoms with E-state index in [1.165, 1.54) is 47.7 Å². The largest absolute Gasteiger partial charge is 0.289 e. The molecule has 0 radical (unpaired) electrons. The summed E-state index contributed by atoms with van der Waals surface area (Å²) in [4.78, 5) is 4.75. The van der Waals surface area contributed by atoms with Crippen LogP contribution in [0.2, 0.25) is 25.7 Å². The van der Waals surface area contributed by atoms with Gasteiger partial charge in [0, 0.05) is 20.3 Å². The number of allylic oxidation sites excluding steroid dienone is 1. The van der Waals surface area contributed by atoms with E-state index in [9.17, 15) is 0 Å². The topological polar surface area (TPSA) is 12.4 Å². The molecule has 1 nitrogen and oxygen atoms in total. The molecular weight excluding hydrogens is 270 g/mol. The van der Waals surface area contributed by atoms with Crippen molar-refractivity contribution < 1.29 is 0 Å². The zero-order valence-electron chi connectivity index (χ0n) is 13.9. The van der Waals surface area contributed by atoms with Gasteiger partial charge in [0.2, 0.25) is 0 Å². The highest BCUT2D eigenvalue weighted by Gasteiger charge is 2.15. The molecule has 0 aromatic heterocycles. The molecule has 0 saturated heterocycles. The first-order chi connectivity index (χ1) is 9.96. The Morgan fingerprint density at radius 2 is 1.95 bits per heavy atom. The standard InChI is InChI=1S/C19H29NSi/c1-16(15-21(2,3)4)9-5-8-12-19-18-11-7-6-10-17(18)13-14-20-19/h6-7,10-11H,1,5,8-9,12-15H2,2-4H3. The molecule has 0 atom stereocenters. The molecule has 0 unspecified atom stereocenters. The summed E-state index contributed by atoms with van der Waals surface area (Å²) < 4.78 is 0. The van der Waals surface area contributed by atoms with Gasteiger partial charge in [-0.25, -0.2) is 0 Å². The molecule has 0 aliphatic carbocycles. The Morgan fingerprint density at radius 3 is 2.71 bits per heavy atom. The van der Waals surface area contributed by atoms with Crippen molar-refractivity contribution in [2.24, 2.45) is 4.99 Å². The summed E-state index contributed by atoms with van der Waals surface area (Å²) in [5.41, 5.74) is 5.66. The lowest BCUT2D eigenvalue weighted by molar-refractivity contribution is 0.750. The Bertz CT molecular complexity index is 523. The predicted molar refractivity (Wildman–Crippen MR) is 97.3 cm³/mol. The fourth-order valence-corrected chi connectivity index (χ4v) is 4.81. The maximum atomic E-state index is 4.75. The molecule has 1 aromatic carbocycles. The van der Waals surface area contributed by atoms with Gasteiger partial charge in [-0.1, -0.05) is 49.5 Å². The first kappa shape index (κ1) is 16.2. The molecule has 2 heteroatoms. The summed E-state index contributed by atoms with van der Waals surface area (Å²) in [5, 5.41) is 0. The summed E-state index contributed by atoms with van der Waals surface area (Å²) in [6, 6.07) is 10.0. The number of nitrogens with zero attached hydrogens (tertiary/aromatic N) is 1. The number of rotatable bonds is 7. The highest BCUT2D eigenvalue weighted by molar-refractivity contribution is 6.76. The number of hydrogen-bond donors (Lipinski definition) is 0. The van der Waals surface area contributed by atoms with Crippen LogP contribution in [0.5, 0.6) is 0 Å². The third kappa shape index (κ3) is 5.27. The number of hydrogen-bond acceptors (Lipinski definition) is 1. The lowest BCUT2D eigenvalue weighted by Gasteiger charge is -2.18. The zero-order chi connectivity index (χ0) is 15.3. The quantitative estimate of drug-likeness (QED) is 0.359. The highest BCUT2D eigenvalue weighted by atomic mass is 28.3. The van der Waals surface area contributed by atoms with Crippen molar-refractivity contribution in [3.8, 4) is 0 Å². The van der Waals surface area contributed by atoms with Crippen molar-refractivity contribution in [1.29, 1.82) is 0 Å². The third-order valence-corrected chi connectivity index (χ3v) is 5.55. The molecule has 1 aliphatic rings. The van der Waals surface area contributed by atoms with Crippen molar-refractivity contribution in [3.63, 3.8) is 0 Å². The summed E-state index contributed by atoms with van der Waals surface area (Å²) in [6.07, 6.45) is 5.91. The minimum atomic E-state index is -0.983. The number of benzene rings is 1. The van der Waals surface area contributed by atoms with Gasteiger partial charge in [-0.2, -0.15) is 0 Å². The van der Waals surface area contributed by atoms with E-state index in [1.807, 2.05) is 0 Å². The molecule has 2 rings (SSSR count). The Labute approximate surface area is 131 Å². The van der Waals surface area contributed by atoms with Crippen LogP contribution in [0.4, 0.5) is 0 Å². The molecule has 0 N–H and O–H groups in total. The fourth-order valence-electron chi connectivity index (χ4n) is 3.14. The van der Waals surface area contributed by atoms with Gasteiger partial charge in [-0.15, -0.1) is 6.58 Å². The van der Waals surface area contributed by atoms with Crippen molar-refractivity contribution in [3.05, 3.63) is 47.5 Å². The lowest BCUT2D eigenvalue weighted by Crippen LogP contribution is -2.19. The molecule has 0 amide bonds. The smallest absolute Gasteiger partial charge is 0.0483 e. The van der Waals surface area contributed by atoms with Gasteiger partial charge in [0.25, 0.3) is 0 Å². The maximum absolute atomic E-state index is 4.75. The predicted octanol–water partition coefficient (Wildman–Crippen LogP) is 5.49. The van der Waals surface area contributed by atoms with Crippen LogP contribution >= 0.6 is 0 Å². The lowest BCUT2D eigenvalue weighted by atomic mass is 9.94. The summed E-state index contributed by atoms with van der Waals surface area (Å²) >= 11 is 0. The average Bonchev–Trinajstić information content (AvgIpc) is 2.42. The van der Waals surface area contributed by atoms with Gasteiger partial charge < -0.3 is 0 Å². The van der Waals surface area contributed by atoms with Crippen molar-refractivity contribution in [2.75, 3.05) is 6.54 Å². The average molecular weight is 300 g/mol. The Kier molecular flexibility index (Phi) is 5.57. The van der Waals surface area contributed by atoms with Gasteiger partial charge in [0.1, 0.15) is 0 Å². The van der Waals surface area contributed by atoms with Crippen LogP contribution in [-0.2, 0) is 6.42 Å². The molecular formula is C19H29NSi. The molecule has 0 spiro atoms. The van der Waals surface area contributed by atoms with Crippen molar-refractivity contribution in [1.82, 2.24) is 0 Å². The van der Waals surface area contributed by atoms with Gasteiger partial charge in [-0.05, 0) is 49.3 Å². The van der Waals surface area contributed by atoms with Crippen molar-refractivity contribution >= 4 is 13.8 Å². The molecule has 1 heterocycles. The van der Waals surface area contributed by atoms with Crippen molar-refractivity contribution in [2.45, 2.75) is 57.8 Å². The van der Waals surface area contributed by atoms with Gasteiger partial charge in [0.15, 0.2) is 0 Å². The zero-order valence-corrected chi connectivity index (χ0v) is 14.9. The first-order valence-corrected chi connectivity index (χ1v) is 11.9. The van der Waals surface area contributed by atoms with E-state index in [0.717, 1.165) is 19.4 Å². The third-order valence-electron chi connectivity index (χ3n) is 3.99. The van der Waals surface area contributed by atoms with E-state index in [2.05, 4.69) is 50.5 Å². The van der Waals surface area contributed by atoms with Crippen LogP contribution in [0, 0.1) is 0 Å². The molecule has 0 bridgehead atoms. The minimum absolute atomic E-state index is 0.967. The van der Waals surface area contributed by atoms with E-state index in [0.29, 0.717) is 0 Å². The summed E-state index contributed by atoms with van der Waals surface area (Å²) in [6.45, 7) is 12.5. The summed E-state index contributed by atoms with van der Waals surface area (Å²) in [7, 11) is -0.983. The Balaban J connectivity index is 1.77. The molecule has 1 aromatic rings. The normalized spacial score (nSPS) is 14.5. The van der Waals surface area contributed by atoms with Crippen LogP contribution in [0.25, 0.3) is 0 Å². The SMILES string of the molecule is C=C(CCCCC1=NCCc2ccccc21)C[Si](C)(C)C. The Hall–Kier alpha value is -1.15. The highest BCUT2D eigenvalue weighted by Crippen LogP contribution is 2.22. The van der Waals surface area contributed by atoms with Crippen LogP contribution in [0.3, 0.4) is 0 Å². The van der Waals surface area contributed by atoms with E-state index < -0.39 is 8.07 Å². The van der Waals surface area contributed by atoms with Gasteiger partial charge >= 0.3 is 0 Å². The second-order valence-electron chi connectivity index (χ2n) is 7.43. The number of aliphatic imine (C=N–C) groups is 1. The van der Waals surface area contributed by atoms with Crippen LogP contribution < -0.4 is 0 Å². The monoisotopic (exact) mass is 299 g/mol. The number of unbranched alkanes of at least 4 members (excludes halogenated alkanes) is 1.